The molecule has 2 aromatic rings. The number of hydrogen-bond acceptors (Lipinski definition) is 3. The lowest BCUT2D eigenvalue weighted by molar-refractivity contribution is 0.112. The molecule has 0 fully saturated rings. The van der Waals surface area contributed by atoms with Crippen molar-refractivity contribution in [2.24, 2.45) is 0 Å². The van der Waals surface area contributed by atoms with Crippen molar-refractivity contribution in [1.82, 2.24) is 4.98 Å². The fourth-order valence-corrected chi connectivity index (χ4v) is 1.61. The van der Waals surface area contributed by atoms with E-state index < -0.39 is 5.82 Å². The van der Waals surface area contributed by atoms with Crippen molar-refractivity contribution in [3.63, 3.8) is 0 Å². The summed E-state index contributed by atoms with van der Waals surface area (Å²) in [5.74, 6) is 0.144. The topological polar surface area (TPSA) is 39.2 Å². The van der Waals surface area contributed by atoms with Crippen LogP contribution in [0.25, 0.3) is 0 Å². The molecule has 0 saturated heterocycles. The molecule has 0 N–H and O–H groups in total. The molecule has 1 aromatic heterocycles. The number of aromatic nitrogens is 1. The maximum absolute atomic E-state index is 13.6. The summed E-state index contributed by atoms with van der Waals surface area (Å²) >= 11 is 0. The maximum atomic E-state index is 13.6. The Hall–Kier alpha value is -2.23. The molecule has 4 heteroatoms. The number of carbonyl (C=O) groups is 1. The zero-order chi connectivity index (χ0) is 13.8. The van der Waals surface area contributed by atoms with E-state index in [1.165, 1.54) is 11.8 Å². The van der Waals surface area contributed by atoms with E-state index in [2.05, 4.69) is 18.8 Å². The minimum atomic E-state index is -0.655. The molecule has 1 aromatic carbocycles. The Labute approximate surface area is 111 Å². The van der Waals surface area contributed by atoms with Gasteiger partial charge < -0.3 is 4.74 Å². The van der Waals surface area contributed by atoms with Gasteiger partial charge in [-0.2, -0.15) is 0 Å². The second-order valence-corrected chi connectivity index (χ2v) is 4.50. The second kappa shape index (κ2) is 5.61. The number of carbonyl (C=O) groups excluding carboxylic acids is 1. The first-order valence-electron chi connectivity index (χ1n) is 5.98. The molecule has 0 aliphatic rings. The maximum Gasteiger partial charge on any atom is 0.255 e. The monoisotopic (exact) mass is 259 g/mol. The summed E-state index contributed by atoms with van der Waals surface area (Å²) < 4.78 is 18.9. The molecule has 0 saturated carbocycles. The van der Waals surface area contributed by atoms with Gasteiger partial charge in [-0.25, -0.2) is 9.37 Å². The lowest BCUT2D eigenvalue weighted by atomic mass is 10.0. The van der Waals surface area contributed by atoms with Crippen LogP contribution in [0.2, 0.25) is 0 Å². The molecule has 98 valence electrons. The van der Waals surface area contributed by atoms with Crippen molar-refractivity contribution >= 4 is 6.29 Å². The quantitative estimate of drug-likeness (QED) is 0.780. The number of benzene rings is 1. The number of rotatable bonds is 4. The standard InChI is InChI=1S/C15H14FNO2/c1-10(2)12-3-5-13(6-4-12)19-15-14(16)7-11(9-18)8-17-15/h3-10H,1-2H3. The van der Waals surface area contributed by atoms with Crippen LogP contribution in [0.15, 0.2) is 36.5 Å². The van der Waals surface area contributed by atoms with Crippen LogP contribution in [0.1, 0.15) is 35.7 Å². The Morgan fingerprint density at radius 1 is 1.26 bits per heavy atom. The van der Waals surface area contributed by atoms with E-state index in [9.17, 15) is 9.18 Å². The van der Waals surface area contributed by atoms with E-state index in [1.807, 2.05) is 12.1 Å². The SMILES string of the molecule is CC(C)c1ccc(Oc2ncc(C=O)cc2F)cc1. The van der Waals surface area contributed by atoms with Crippen LogP contribution < -0.4 is 4.74 Å². The summed E-state index contributed by atoms with van der Waals surface area (Å²) in [6, 6.07) is 8.49. The zero-order valence-corrected chi connectivity index (χ0v) is 10.8. The zero-order valence-electron chi connectivity index (χ0n) is 10.8. The molecule has 3 nitrogen and oxygen atoms in total. The van der Waals surface area contributed by atoms with Crippen molar-refractivity contribution in [3.8, 4) is 11.6 Å². The molecule has 0 atom stereocenters. The molecule has 0 spiro atoms. The first kappa shape index (κ1) is 13.2. The van der Waals surface area contributed by atoms with Crippen LogP contribution in [-0.4, -0.2) is 11.3 Å². The molecule has 0 amide bonds. The Bertz CT molecular complexity index is 579. The van der Waals surface area contributed by atoms with E-state index in [0.717, 1.165) is 6.07 Å². The highest BCUT2D eigenvalue weighted by Crippen LogP contribution is 2.24. The van der Waals surface area contributed by atoms with E-state index in [0.29, 0.717) is 18.0 Å². The number of halogens is 1. The van der Waals surface area contributed by atoms with Crippen molar-refractivity contribution in [2.45, 2.75) is 19.8 Å². The van der Waals surface area contributed by atoms with Gasteiger partial charge in [0.05, 0.1) is 0 Å². The predicted octanol–water partition coefficient (Wildman–Crippen LogP) is 3.95. The van der Waals surface area contributed by atoms with Gasteiger partial charge in [0.1, 0.15) is 5.75 Å². The van der Waals surface area contributed by atoms with E-state index in [1.54, 1.807) is 12.1 Å². The number of aldehydes is 1. The highest BCUT2D eigenvalue weighted by atomic mass is 19.1. The fraction of sp³-hybridized carbons (Fsp3) is 0.200. The molecular formula is C15H14FNO2. The summed E-state index contributed by atoms with van der Waals surface area (Å²) in [5, 5.41) is 0. The van der Waals surface area contributed by atoms with Crippen molar-refractivity contribution in [2.75, 3.05) is 0 Å². The van der Waals surface area contributed by atoms with Crippen LogP contribution in [0.3, 0.4) is 0 Å². The highest BCUT2D eigenvalue weighted by Gasteiger charge is 2.08. The summed E-state index contributed by atoms with van der Waals surface area (Å²) in [5.41, 5.74) is 1.36. The third-order valence-electron chi connectivity index (χ3n) is 2.73. The molecule has 19 heavy (non-hydrogen) atoms. The van der Waals surface area contributed by atoms with Gasteiger partial charge >= 0.3 is 0 Å². The van der Waals surface area contributed by atoms with Gasteiger partial charge in [0.15, 0.2) is 12.1 Å². The van der Waals surface area contributed by atoms with E-state index >= 15 is 0 Å². The van der Waals surface area contributed by atoms with Crippen molar-refractivity contribution < 1.29 is 13.9 Å². The normalized spacial score (nSPS) is 10.5. The van der Waals surface area contributed by atoms with Gasteiger partial charge in [-0.3, -0.25) is 4.79 Å². The summed E-state index contributed by atoms with van der Waals surface area (Å²) in [4.78, 5) is 14.3. The average molecular weight is 259 g/mol. The number of hydrogen-bond donors (Lipinski definition) is 0. The fourth-order valence-electron chi connectivity index (χ4n) is 1.61. The molecule has 0 aliphatic heterocycles. The van der Waals surface area contributed by atoms with Gasteiger partial charge in [-0.15, -0.1) is 0 Å². The molecule has 0 bridgehead atoms. The first-order chi connectivity index (χ1) is 9.10. The summed E-state index contributed by atoms with van der Waals surface area (Å²) in [6.07, 6.45) is 1.81. The van der Waals surface area contributed by atoms with Crippen LogP contribution in [0.4, 0.5) is 4.39 Å². The third-order valence-corrected chi connectivity index (χ3v) is 2.73. The van der Waals surface area contributed by atoms with Crippen LogP contribution in [0, 0.1) is 5.82 Å². The highest BCUT2D eigenvalue weighted by molar-refractivity contribution is 5.74. The molecule has 0 radical (unpaired) electrons. The molecule has 2 rings (SSSR count). The van der Waals surface area contributed by atoms with Crippen molar-refractivity contribution in [3.05, 3.63) is 53.5 Å². The summed E-state index contributed by atoms with van der Waals surface area (Å²) in [7, 11) is 0. The minimum Gasteiger partial charge on any atom is -0.436 e. The Morgan fingerprint density at radius 3 is 2.47 bits per heavy atom. The number of ether oxygens (including phenoxy) is 1. The lowest BCUT2D eigenvalue weighted by Crippen LogP contribution is -1.94. The smallest absolute Gasteiger partial charge is 0.255 e. The number of nitrogens with zero attached hydrogens (tertiary/aromatic N) is 1. The van der Waals surface area contributed by atoms with E-state index in [4.69, 9.17) is 4.74 Å². The van der Waals surface area contributed by atoms with Gasteiger partial charge in [0.25, 0.3) is 5.88 Å². The predicted molar refractivity (Wildman–Crippen MR) is 70.2 cm³/mol. The van der Waals surface area contributed by atoms with Crippen LogP contribution in [-0.2, 0) is 0 Å². The molecule has 0 aliphatic carbocycles. The van der Waals surface area contributed by atoms with Gasteiger partial charge in [-0.05, 0) is 29.7 Å². The Morgan fingerprint density at radius 2 is 1.95 bits per heavy atom. The van der Waals surface area contributed by atoms with E-state index in [-0.39, 0.29) is 11.4 Å². The molecule has 1 heterocycles. The van der Waals surface area contributed by atoms with Gasteiger partial charge in [0.2, 0.25) is 0 Å². The van der Waals surface area contributed by atoms with Crippen LogP contribution in [0.5, 0.6) is 11.6 Å². The minimum absolute atomic E-state index is 0.136. The first-order valence-corrected chi connectivity index (χ1v) is 5.98. The Kier molecular flexibility index (Phi) is 3.90. The average Bonchev–Trinajstić information content (AvgIpc) is 2.41. The molecule has 0 unspecified atom stereocenters. The van der Waals surface area contributed by atoms with Gasteiger partial charge in [-0.1, -0.05) is 26.0 Å². The third kappa shape index (κ3) is 3.16. The van der Waals surface area contributed by atoms with Gasteiger partial charge in [0, 0.05) is 11.8 Å². The van der Waals surface area contributed by atoms with Crippen molar-refractivity contribution in [1.29, 1.82) is 0 Å². The van der Waals surface area contributed by atoms with Crippen LogP contribution >= 0.6 is 0 Å². The molecular weight excluding hydrogens is 245 g/mol. The largest absolute Gasteiger partial charge is 0.436 e. The Balaban J connectivity index is 2.19. The number of pyridine rings is 1. The summed E-state index contributed by atoms with van der Waals surface area (Å²) in [6.45, 7) is 4.18. The lowest BCUT2D eigenvalue weighted by Gasteiger charge is -2.08. The second-order valence-electron chi connectivity index (χ2n) is 4.50.